The lowest BCUT2D eigenvalue weighted by atomic mass is 9.79. The highest BCUT2D eigenvalue weighted by Gasteiger charge is 2.66. The Labute approximate surface area is 165 Å². The van der Waals surface area contributed by atoms with Gasteiger partial charge in [-0.2, -0.15) is 0 Å². The van der Waals surface area contributed by atoms with E-state index in [0.29, 0.717) is 18.0 Å². The summed E-state index contributed by atoms with van der Waals surface area (Å²) >= 11 is 0. The molecule has 1 atom stereocenters. The van der Waals surface area contributed by atoms with E-state index in [9.17, 15) is 9.59 Å². The Morgan fingerprint density at radius 2 is 1.46 bits per heavy atom. The van der Waals surface area contributed by atoms with Crippen molar-refractivity contribution in [1.82, 2.24) is 4.90 Å². The quantitative estimate of drug-likeness (QED) is 0.799. The molecule has 0 unspecified atom stereocenters. The van der Waals surface area contributed by atoms with Gasteiger partial charge in [-0.25, -0.2) is 14.6 Å². The Bertz CT molecular complexity index is 884. The molecule has 2 aromatic carbocycles. The number of amides is 3. The molecular formula is C22H25N3O3. The summed E-state index contributed by atoms with van der Waals surface area (Å²) in [5.41, 5.74) is 0.254. The van der Waals surface area contributed by atoms with Crippen LogP contribution in [0.5, 0.6) is 0 Å². The third-order valence-electron chi connectivity index (χ3n) is 5.72. The SMILES string of the molecule is CN1CCCO[C@]12N(c1ccccc1)C(=O)N(c1ccccc1)C(=O)C2(C)C. The van der Waals surface area contributed by atoms with Gasteiger partial charge in [0.2, 0.25) is 11.8 Å². The summed E-state index contributed by atoms with van der Waals surface area (Å²) in [4.78, 5) is 32.3. The van der Waals surface area contributed by atoms with E-state index >= 15 is 0 Å². The lowest BCUT2D eigenvalue weighted by Crippen LogP contribution is -2.80. The van der Waals surface area contributed by atoms with Crippen LogP contribution < -0.4 is 9.80 Å². The van der Waals surface area contributed by atoms with Gasteiger partial charge in [0, 0.05) is 12.2 Å². The Kier molecular flexibility index (Phi) is 4.48. The average Bonchev–Trinajstić information content (AvgIpc) is 2.70. The van der Waals surface area contributed by atoms with E-state index in [1.54, 1.807) is 17.0 Å². The highest BCUT2D eigenvalue weighted by Crippen LogP contribution is 2.49. The van der Waals surface area contributed by atoms with Crippen molar-refractivity contribution in [3.05, 3.63) is 60.7 Å². The van der Waals surface area contributed by atoms with Gasteiger partial charge in [0.05, 0.1) is 12.3 Å². The largest absolute Gasteiger partial charge is 0.341 e. The van der Waals surface area contributed by atoms with Gasteiger partial charge in [-0.1, -0.05) is 36.4 Å². The molecule has 28 heavy (non-hydrogen) atoms. The lowest BCUT2D eigenvalue weighted by molar-refractivity contribution is -0.230. The number of ether oxygens (including phenoxy) is 1. The smallest absolute Gasteiger partial charge is 0.339 e. The second-order valence-electron chi connectivity index (χ2n) is 7.79. The number of urea groups is 1. The number of hydrogen-bond donors (Lipinski definition) is 0. The van der Waals surface area contributed by atoms with Crippen molar-refractivity contribution in [2.24, 2.45) is 5.41 Å². The maximum atomic E-state index is 13.8. The van der Waals surface area contributed by atoms with Gasteiger partial charge in [-0.05, 0) is 51.6 Å². The number of hydrogen-bond acceptors (Lipinski definition) is 4. The van der Waals surface area contributed by atoms with Gasteiger partial charge in [0.15, 0.2) is 0 Å². The molecule has 0 aliphatic carbocycles. The number of benzene rings is 2. The summed E-state index contributed by atoms with van der Waals surface area (Å²) in [6.45, 7) is 4.94. The first-order valence-electron chi connectivity index (χ1n) is 9.55. The van der Waals surface area contributed by atoms with Crippen molar-refractivity contribution in [2.45, 2.75) is 26.1 Å². The van der Waals surface area contributed by atoms with Crippen molar-refractivity contribution in [2.75, 3.05) is 30.0 Å². The molecule has 6 nitrogen and oxygen atoms in total. The first-order valence-corrected chi connectivity index (χ1v) is 9.55. The number of carbonyl (C=O) groups excluding carboxylic acids is 2. The monoisotopic (exact) mass is 379 g/mol. The number of carbonyl (C=O) groups is 2. The fraction of sp³-hybridized carbons (Fsp3) is 0.364. The van der Waals surface area contributed by atoms with Crippen LogP contribution in [-0.2, 0) is 9.53 Å². The maximum absolute atomic E-state index is 13.8. The molecule has 6 heteroatoms. The fourth-order valence-electron chi connectivity index (χ4n) is 4.35. The molecule has 3 amide bonds. The van der Waals surface area contributed by atoms with Gasteiger partial charge in [0.1, 0.15) is 5.41 Å². The van der Waals surface area contributed by atoms with Gasteiger partial charge in [-0.3, -0.25) is 9.69 Å². The van der Waals surface area contributed by atoms with Crippen molar-refractivity contribution in [3.8, 4) is 0 Å². The molecule has 2 saturated heterocycles. The standard InChI is InChI=1S/C22H25N3O3/c1-21(2)19(26)24(17-11-6-4-7-12-17)20(27)25(18-13-8-5-9-14-18)22(21)23(3)15-10-16-28-22/h4-9,11-14H,10,15-16H2,1-3H3/t22-/m0/s1. The van der Waals surface area contributed by atoms with Gasteiger partial charge < -0.3 is 4.74 Å². The van der Waals surface area contributed by atoms with Crippen molar-refractivity contribution < 1.29 is 14.3 Å². The molecule has 0 aromatic heterocycles. The van der Waals surface area contributed by atoms with Crippen molar-refractivity contribution in [1.29, 1.82) is 0 Å². The Hall–Kier alpha value is -2.70. The van der Waals surface area contributed by atoms with Crippen LogP contribution >= 0.6 is 0 Å². The zero-order valence-corrected chi connectivity index (χ0v) is 16.5. The first-order chi connectivity index (χ1) is 13.4. The number of rotatable bonds is 2. The van der Waals surface area contributed by atoms with Crippen LogP contribution in [0.2, 0.25) is 0 Å². The van der Waals surface area contributed by atoms with E-state index in [-0.39, 0.29) is 5.91 Å². The minimum atomic E-state index is -1.19. The van der Waals surface area contributed by atoms with Crippen LogP contribution in [0.4, 0.5) is 16.2 Å². The van der Waals surface area contributed by atoms with Crippen LogP contribution in [0, 0.1) is 5.41 Å². The third kappa shape index (κ3) is 2.48. The zero-order valence-electron chi connectivity index (χ0n) is 16.5. The van der Waals surface area contributed by atoms with E-state index in [1.807, 2.05) is 74.3 Å². The summed E-state index contributed by atoms with van der Waals surface area (Å²) in [5, 5.41) is 0. The molecule has 2 aliphatic rings. The van der Waals surface area contributed by atoms with Crippen LogP contribution in [-0.4, -0.2) is 42.9 Å². The molecule has 2 fully saturated rings. The molecule has 0 N–H and O–H groups in total. The highest BCUT2D eigenvalue weighted by atomic mass is 16.5. The molecule has 4 rings (SSSR count). The zero-order chi connectivity index (χ0) is 19.9. The lowest BCUT2D eigenvalue weighted by Gasteiger charge is -2.61. The van der Waals surface area contributed by atoms with Crippen molar-refractivity contribution >= 4 is 23.3 Å². The predicted octanol–water partition coefficient (Wildman–Crippen LogP) is 3.69. The van der Waals surface area contributed by atoms with Gasteiger partial charge in [0.25, 0.3) is 0 Å². The third-order valence-corrected chi connectivity index (χ3v) is 5.72. The first kappa shape index (κ1) is 18.7. The normalized spacial score (nSPS) is 25.4. The molecule has 2 aromatic rings. The highest BCUT2D eigenvalue weighted by molar-refractivity contribution is 6.24. The molecule has 2 aliphatic heterocycles. The fourth-order valence-corrected chi connectivity index (χ4v) is 4.35. The average molecular weight is 379 g/mol. The molecule has 0 bridgehead atoms. The van der Waals surface area contributed by atoms with E-state index in [1.165, 1.54) is 4.90 Å². The van der Waals surface area contributed by atoms with Crippen LogP contribution in [0.15, 0.2) is 60.7 Å². The predicted molar refractivity (Wildman–Crippen MR) is 108 cm³/mol. The van der Waals surface area contributed by atoms with Gasteiger partial charge in [-0.15, -0.1) is 0 Å². The van der Waals surface area contributed by atoms with Crippen LogP contribution in [0.1, 0.15) is 20.3 Å². The molecule has 1 spiro atoms. The summed E-state index contributed by atoms with van der Waals surface area (Å²) < 4.78 is 6.31. The number of imide groups is 1. The number of nitrogens with zero attached hydrogens (tertiary/aromatic N) is 3. The summed E-state index contributed by atoms with van der Waals surface area (Å²) in [6.07, 6.45) is 0.849. The Morgan fingerprint density at radius 1 is 0.893 bits per heavy atom. The summed E-state index contributed by atoms with van der Waals surface area (Å²) in [7, 11) is 1.91. The maximum Gasteiger partial charge on any atom is 0.339 e. The molecule has 146 valence electrons. The second-order valence-corrected chi connectivity index (χ2v) is 7.79. The number of anilines is 2. The van der Waals surface area contributed by atoms with E-state index < -0.39 is 17.3 Å². The van der Waals surface area contributed by atoms with E-state index in [0.717, 1.165) is 13.0 Å². The minimum absolute atomic E-state index is 0.273. The van der Waals surface area contributed by atoms with Crippen molar-refractivity contribution in [3.63, 3.8) is 0 Å². The summed E-state index contributed by atoms with van der Waals surface area (Å²) in [5.74, 6) is -1.46. The molecule has 0 radical (unpaired) electrons. The van der Waals surface area contributed by atoms with Gasteiger partial charge >= 0.3 is 6.03 Å². The summed E-state index contributed by atoms with van der Waals surface area (Å²) in [6, 6.07) is 18.1. The molecular weight excluding hydrogens is 354 g/mol. The van der Waals surface area contributed by atoms with E-state index in [4.69, 9.17) is 4.74 Å². The van der Waals surface area contributed by atoms with E-state index in [2.05, 4.69) is 0 Å². The number of para-hydroxylation sites is 2. The Morgan fingerprint density at radius 3 is 2.04 bits per heavy atom. The molecule has 2 heterocycles. The second kappa shape index (κ2) is 6.72. The Balaban J connectivity index is 1.94. The topological polar surface area (TPSA) is 53.1 Å². The minimum Gasteiger partial charge on any atom is -0.341 e. The molecule has 0 saturated carbocycles. The van der Waals surface area contributed by atoms with Crippen LogP contribution in [0.25, 0.3) is 0 Å². The van der Waals surface area contributed by atoms with Crippen LogP contribution in [0.3, 0.4) is 0 Å².